The van der Waals surface area contributed by atoms with Gasteiger partial charge in [0.15, 0.2) is 0 Å². The first-order valence-corrected chi connectivity index (χ1v) is 1.01. The number of hydrogen-bond acceptors (Lipinski definition) is 3. The number of nitrogens with zero attached hydrogens (tertiary/aromatic N) is 2. The van der Waals surface area contributed by atoms with Crippen LogP contribution >= 0.6 is 0 Å². The molecular weight excluding hydrogens is 88.0 g/mol. The van der Waals surface area contributed by atoms with E-state index in [9.17, 15) is 4.79 Å². The third kappa shape index (κ3) is 1.36. The van der Waals surface area contributed by atoms with Crippen LogP contribution in [0, 0.1) is 0 Å². The van der Waals surface area contributed by atoms with Crippen molar-refractivity contribution in [3.8, 4) is 0 Å². The summed E-state index contributed by atoms with van der Waals surface area (Å²) in [5, 5.41) is 9.13. The fraction of sp³-hybridized carbons (Fsp3) is 0. The van der Waals surface area contributed by atoms with Crippen LogP contribution in [-0.4, -0.2) is 11.4 Å². The van der Waals surface area contributed by atoms with Crippen molar-refractivity contribution in [3.05, 3.63) is 0 Å². The van der Waals surface area contributed by atoms with Crippen LogP contribution in [0.15, 0.2) is 5.11 Å². The van der Waals surface area contributed by atoms with E-state index in [4.69, 9.17) is 10.8 Å². The lowest BCUT2D eigenvalue weighted by molar-refractivity contribution is -0.174. The zero-order valence-corrected chi connectivity index (χ0v) is 2.66. The van der Waals surface area contributed by atoms with E-state index in [2.05, 4.69) is 4.89 Å². The normalized spacial score (nSPS) is 6.83. The molecule has 33 valence electrons. The second-order valence-electron chi connectivity index (χ2n) is 0.457. The van der Waals surface area contributed by atoms with Crippen LogP contribution in [0.1, 0.15) is 0 Å². The molecule has 1 amide bonds. The molecule has 6 heavy (non-hydrogen) atoms. The van der Waals surface area contributed by atoms with Crippen LogP contribution < -0.4 is 5.53 Å². The maximum atomic E-state index is 9.29. The van der Waals surface area contributed by atoms with Gasteiger partial charge in [-0.2, -0.15) is 5.26 Å². The van der Waals surface area contributed by atoms with Gasteiger partial charge in [0.1, 0.15) is 0 Å². The molecule has 0 spiro atoms. The fourth-order valence-corrected chi connectivity index (χ4v) is 0.0183. The van der Waals surface area contributed by atoms with Gasteiger partial charge in [0.25, 0.3) is 0 Å². The highest BCUT2D eigenvalue weighted by Crippen LogP contribution is 1.70. The van der Waals surface area contributed by atoms with Gasteiger partial charge in [-0.25, -0.2) is 4.79 Å². The number of amides is 1. The molecule has 1 N–H and O–H groups in total. The second-order valence-corrected chi connectivity index (χ2v) is 0.457. The fourth-order valence-electron chi connectivity index (χ4n) is 0.0183. The lowest BCUT2D eigenvalue weighted by Gasteiger charge is -1.75. The summed E-state index contributed by atoms with van der Waals surface area (Å²) in [6.07, 6.45) is -1.42. The third-order valence-corrected chi connectivity index (χ3v) is 0.160. The summed E-state index contributed by atoms with van der Waals surface area (Å²) in [7, 11) is 0. The topological polar surface area (TPSA) is 81.2 Å². The SMILES string of the molecule is [N]=NC(=O)OO. The third-order valence-electron chi connectivity index (χ3n) is 0.160. The second kappa shape index (κ2) is 2.28. The molecule has 0 rings (SSSR count). The van der Waals surface area contributed by atoms with Gasteiger partial charge in [0.2, 0.25) is 0 Å². The summed E-state index contributed by atoms with van der Waals surface area (Å²) in [5.41, 5.74) is 7.33. The predicted molar refractivity (Wildman–Crippen MR) is 13.7 cm³/mol. The molecule has 0 fully saturated rings. The van der Waals surface area contributed by atoms with Crippen LogP contribution in [0.4, 0.5) is 4.79 Å². The van der Waals surface area contributed by atoms with Crippen molar-refractivity contribution in [2.45, 2.75) is 0 Å². The van der Waals surface area contributed by atoms with Gasteiger partial charge in [-0.05, 0) is 10.6 Å². The van der Waals surface area contributed by atoms with Gasteiger partial charge >= 0.3 is 6.09 Å². The minimum absolute atomic E-state index is 1.42. The van der Waals surface area contributed by atoms with Crippen LogP contribution in [0.5, 0.6) is 0 Å². The molecule has 0 aliphatic heterocycles. The van der Waals surface area contributed by atoms with Crippen molar-refractivity contribution in [2.75, 3.05) is 0 Å². The van der Waals surface area contributed by atoms with Gasteiger partial charge < -0.3 is 0 Å². The lowest BCUT2D eigenvalue weighted by Crippen LogP contribution is -1.90. The standard InChI is InChI=1S/CHN2O3/c2-3-1(4)6-5/h5H. The first-order valence-electron chi connectivity index (χ1n) is 1.01. The smallest absolute Gasteiger partial charge is 0.275 e. The van der Waals surface area contributed by atoms with Crippen molar-refractivity contribution in [1.82, 2.24) is 5.53 Å². The van der Waals surface area contributed by atoms with Crippen LogP contribution in [0.2, 0.25) is 0 Å². The molecule has 0 aliphatic carbocycles. The van der Waals surface area contributed by atoms with E-state index < -0.39 is 6.09 Å². The zero-order chi connectivity index (χ0) is 4.99. The van der Waals surface area contributed by atoms with E-state index in [0.29, 0.717) is 0 Å². The molecule has 0 unspecified atom stereocenters. The highest BCUT2D eigenvalue weighted by molar-refractivity contribution is 5.66. The van der Waals surface area contributed by atoms with Crippen LogP contribution in [-0.2, 0) is 4.89 Å². The molecule has 0 heterocycles. The molecule has 5 heteroatoms. The number of carbonyl (C=O) groups excluding carboxylic acids is 1. The van der Waals surface area contributed by atoms with E-state index >= 15 is 0 Å². The van der Waals surface area contributed by atoms with Gasteiger partial charge in [-0.3, -0.25) is 4.89 Å². The van der Waals surface area contributed by atoms with Gasteiger partial charge in [0.05, 0.1) is 0 Å². The average molecular weight is 89.0 g/mol. The highest BCUT2D eigenvalue weighted by Gasteiger charge is 1.90. The van der Waals surface area contributed by atoms with E-state index in [1.54, 1.807) is 0 Å². The average Bonchev–Trinajstić information content (AvgIpc) is 1.65. The molecule has 0 aromatic rings. The zero-order valence-electron chi connectivity index (χ0n) is 2.66. The number of carbonyl (C=O) groups is 1. The first kappa shape index (κ1) is 5.03. The monoisotopic (exact) mass is 89.0 g/mol. The number of hydrogen-bond donors (Lipinski definition) is 1. The Kier molecular flexibility index (Phi) is 1.91. The first-order chi connectivity index (χ1) is 2.81. The molecule has 5 nitrogen and oxygen atoms in total. The van der Waals surface area contributed by atoms with Crippen LogP contribution in [0.3, 0.4) is 0 Å². The Labute approximate surface area is 33.0 Å². The van der Waals surface area contributed by atoms with Crippen molar-refractivity contribution >= 4 is 6.09 Å². The summed E-state index contributed by atoms with van der Waals surface area (Å²) in [6, 6.07) is 0. The summed E-state index contributed by atoms with van der Waals surface area (Å²) in [5.74, 6) is 0. The Morgan fingerprint density at radius 2 is 2.50 bits per heavy atom. The summed E-state index contributed by atoms with van der Waals surface area (Å²) in [4.78, 5) is 12.1. The number of rotatable bonds is 0. The molecule has 0 saturated carbocycles. The molecule has 0 saturated heterocycles. The lowest BCUT2D eigenvalue weighted by atomic mass is 11.3. The van der Waals surface area contributed by atoms with Gasteiger partial charge in [-0.15, -0.1) is 0 Å². The maximum absolute atomic E-state index is 9.29. The highest BCUT2D eigenvalue weighted by atomic mass is 17.1. The van der Waals surface area contributed by atoms with E-state index in [1.807, 2.05) is 5.11 Å². The Balaban J connectivity index is 3.23. The molecule has 0 bridgehead atoms. The Bertz CT molecular complexity index is 69.2. The van der Waals surface area contributed by atoms with E-state index in [0.717, 1.165) is 0 Å². The Hall–Kier alpha value is -0.970. The summed E-state index contributed by atoms with van der Waals surface area (Å²) >= 11 is 0. The van der Waals surface area contributed by atoms with Crippen molar-refractivity contribution in [1.29, 1.82) is 0 Å². The molecule has 0 aliphatic rings. The van der Waals surface area contributed by atoms with Crippen LogP contribution in [0.25, 0.3) is 0 Å². The minimum atomic E-state index is -1.42. The largest absolute Gasteiger partial charge is 0.485 e. The van der Waals surface area contributed by atoms with Gasteiger partial charge in [0, 0.05) is 0 Å². The van der Waals surface area contributed by atoms with Crippen molar-refractivity contribution < 1.29 is 14.9 Å². The van der Waals surface area contributed by atoms with E-state index in [1.165, 1.54) is 0 Å². The quantitative estimate of drug-likeness (QED) is 0.254. The van der Waals surface area contributed by atoms with Crippen molar-refractivity contribution in [3.63, 3.8) is 0 Å². The molecular formula is CHN2O3. The Morgan fingerprint density at radius 3 is 2.50 bits per heavy atom. The predicted octanol–water partition coefficient (Wildman–Crippen LogP) is -0.152. The Morgan fingerprint density at radius 1 is 2.00 bits per heavy atom. The minimum Gasteiger partial charge on any atom is -0.275 e. The molecule has 0 aromatic heterocycles. The molecule has 1 radical (unpaired) electrons. The summed E-state index contributed by atoms with van der Waals surface area (Å²) in [6.45, 7) is 0. The molecule has 0 aromatic carbocycles. The van der Waals surface area contributed by atoms with Crippen molar-refractivity contribution in [2.24, 2.45) is 5.11 Å². The van der Waals surface area contributed by atoms with Gasteiger partial charge in [-0.1, -0.05) is 0 Å². The summed E-state index contributed by atoms with van der Waals surface area (Å²) < 4.78 is 0. The van der Waals surface area contributed by atoms with E-state index in [-0.39, 0.29) is 0 Å². The maximum Gasteiger partial charge on any atom is 0.485 e. The molecule has 0 atom stereocenters.